The normalized spacial score (nSPS) is 13.3. The van der Waals surface area contributed by atoms with Crippen LogP contribution >= 0.6 is 11.3 Å². The van der Waals surface area contributed by atoms with Gasteiger partial charge in [-0.15, -0.1) is 11.3 Å². The lowest BCUT2D eigenvalue weighted by molar-refractivity contribution is 0.147. The van der Waals surface area contributed by atoms with Crippen LogP contribution in [0.1, 0.15) is 19.5 Å². The van der Waals surface area contributed by atoms with Gasteiger partial charge in [0.25, 0.3) is 0 Å². The summed E-state index contributed by atoms with van der Waals surface area (Å²) in [5, 5.41) is 5.60. The molecule has 0 aliphatic carbocycles. The topological polar surface area (TPSA) is 34.1 Å². The van der Waals surface area contributed by atoms with Crippen LogP contribution in [0.5, 0.6) is 0 Å². The van der Waals surface area contributed by atoms with Crippen LogP contribution in [0.4, 0.5) is 0 Å². The quantitative estimate of drug-likeness (QED) is 0.774. The smallest absolute Gasteiger partial charge is 0.0794 e. The molecule has 3 nitrogen and oxygen atoms in total. The van der Waals surface area contributed by atoms with Crippen molar-refractivity contribution >= 4 is 11.3 Å². The Morgan fingerprint density at radius 3 is 2.87 bits per heavy atom. The lowest BCUT2D eigenvalue weighted by Gasteiger charge is -2.21. The Morgan fingerprint density at radius 2 is 2.33 bits per heavy atom. The van der Waals surface area contributed by atoms with Gasteiger partial charge in [-0.1, -0.05) is 13.8 Å². The molecule has 0 fully saturated rings. The fourth-order valence-electron chi connectivity index (χ4n) is 1.41. The Bertz CT molecular complexity index is 249. The van der Waals surface area contributed by atoms with Gasteiger partial charge in [-0.2, -0.15) is 0 Å². The molecule has 0 spiro atoms. The molecule has 1 aromatic rings. The molecule has 0 aliphatic heterocycles. The number of aromatic nitrogens is 1. The number of ether oxygens (including phenoxy) is 1. The van der Waals surface area contributed by atoms with Gasteiger partial charge in [-0.05, 0) is 5.92 Å². The molecular weight excluding hydrogens is 208 g/mol. The largest absolute Gasteiger partial charge is 0.383 e. The second-order valence-electron chi connectivity index (χ2n) is 3.99. The number of nitrogens with zero attached hydrogens (tertiary/aromatic N) is 1. The molecule has 1 N–H and O–H groups in total. The van der Waals surface area contributed by atoms with E-state index in [1.165, 1.54) is 5.69 Å². The minimum absolute atomic E-state index is 0.439. The Morgan fingerprint density at radius 1 is 1.53 bits per heavy atom. The summed E-state index contributed by atoms with van der Waals surface area (Å²) in [5.74, 6) is 0.598. The maximum absolute atomic E-state index is 5.18. The number of hydrogen-bond acceptors (Lipinski definition) is 4. The fourth-order valence-corrected chi connectivity index (χ4v) is 2.01. The average molecular weight is 228 g/mol. The van der Waals surface area contributed by atoms with Crippen LogP contribution < -0.4 is 5.32 Å². The highest BCUT2D eigenvalue weighted by Crippen LogP contribution is 2.04. The van der Waals surface area contributed by atoms with Crippen molar-refractivity contribution in [3.8, 4) is 0 Å². The van der Waals surface area contributed by atoms with E-state index in [1.54, 1.807) is 18.4 Å². The zero-order valence-electron chi connectivity index (χ0n) is 9.69. The molecule has 0 bridgehead atoms. The van der Waals surface area contributed by atoms with Gasteiger partial charge in [0.1, 0.15) is 0 Å². The molecule has 0 saturated heterocycles. The van der Waals surface area contributed by atoms with Crippen LogP contribution in [0, 0.1) is 5.92 Å². The molecule has 1 atom stereocenters. The second kappa shape index (κ2) is 6.93. The van der Waals surface area contributed by atoms with Gasteiger partial charge < -0.3 is 10.1 Å². The van der Waals surface area contributed by atoms with E-state index in [4.69, 9.17) is 4.74 Å². The number of thiazole rings is 1. The summed E-state index contributed by atoms with van der Waals surface area (Å²) in [7, 11) is 1.75. The Labute approximate surface area is 95.9 Å². The number of methoxy groups -OCH3 is 1. The molecule has 0 aliphatic rings. The Balaban J connectivity index is 2.22. The van der Waals surface area contributed by atoms with Crippen molar-refractivity contribution in [1.82, 2.24) is 10.3 Å². The molecule has 0 radical (unpaired) electrons. The molecule has 86 valence electrons. The molecule has 0 saturated carbocycles. The first-order chi connectivity index (χ1) is 7.24. The minimum Gasteiger partial charge on any atom is -0.383 e. The Kier molecular flexibility index (Phi) is 5.83. The fraction of sp³-hybridized carbons (Fsp3) is 0.727. The van der Waals surface area contributed by atoms with Gasteiger partial charge in [-0.25, -0.2) is 4.98 Å². The molecule has 1 unspecified atom stereocenters. The number of rotatable bonds is 7. The van der Waals surface area contributed by atoms with Gasteiger partial charge in [0.05, 0.1) is 17.8 Å². The van der Waals surface area contributed by atoms with Gasteiger partial charge >= 0.3 is 0 Å². The summed E-state index contributed by atoms with van der Waals surface area (Å²) >= 11 is 1.65. The van der Waals surface area contributed by atoms with E-state index in [9.17, 15) is 0 Å². The van der Waals surface area contributed by atoms with Crippen LogP contribution in [0.15, 0.2) is 10.9 Å². The first-order valence-electron chi connectivity index (χ1n) is 5.33. The van der Waals surface area contributed by atoms with E-state index in [0.29, 0.717) is 12.0 Å². The predicted octanol–water partition coefficient (Wildman–Crippen LogP) is 1.95. The maximum Gasteiger partial charge on any atom is 0.0794 e. The number of nitrogens with one attached hydrogen (secondary N) is 1. The van der Waals surface area contributed by atoms with Crippen molar-refractivity contribution in [2.75, 3.05) is 20.3 Å². The van der Waals surface area contributed by atoms with Crippen LogP contribution in [0.25, 0.3) is 0 Å². The molecular formula is C11H20N2OS. The van der Waals surface area contributed by atoms with Crippen molar-refractivity contribution < 1.29 is 4.74 Å². The summed E-state index contributed by atoms with van der Waals surface area (Å²) in [6, 6.07) is 0.439. The molecule has 1 heterocycles. The zero-order valence-corrected chi connectivity index (χ0v) is 10.5. The molecule has 0 amide bonds. The highest BCUT2D eigenvalue weighted by atomic mass is 32.1. The number of hydrogen-bond donors (Lipinski definition) is 1. The lowest BCUT2D eigenvalue weighted by Crippen LogP contribution is -2.38. The maximum atomic E-state index is 5.18. The third-order valence-corrected chi connectivity index (χ3v) is 3.06. The Hall–Kier alpha value is -0.450. The van der Waals surface area contributed by atoms with Crippen LogP contribution in [-0.2, 0) is 11.2 Å². The lowest BCUT2D eigenvalue weighted by atomic mass is 10.1. The molecule has 0 aromatic carbocycles. The van der Waals surface area contributed by atoms with Crippen molar-refractivity contribution in [3.05, 3.63) is 16.6 Å². The van der Waals surface area contributed by atoms with E-state index in [-0.39, 0.29) is 0 Å². The van der Waals surface area contributed by atoms with Crippen molar-refractivity contribution in [2.24, 2.45) is 5.92 Å². The first-order valence-corrected chi connectivity index (χ1v) is 6.27. The van der Waals surface area contributed by atoms with Gasteiger partial charge in [0.15, 0.2) is 0 Å². The summed E-state index contributed by atoms with van der Waals surface area (Å²) in [6.07, 6.45) is 0.996. The average Bonchev–Trinajstić information content (AvgIpc) is 2.69. The standard InChI is InChI=1S/C11H20N2OS/c1-9(2)11(6-14-3)12-5-4-10-7-15-8-13-10/h7-9,11-12H,4-6H2,1-3H3. The van der Waals surface area contributed by atoms with Crippen LogP contribution in [-0.4, -0.2) is 31.3 Å². The first kappa shape index (κ1) is 12.6. The highest BCUT2D eigenvalue weighted by Gasteiger charge is 2.11. The van der Waals surface area contributed by atoms with E-state index in [1.807, 2.05) is 5.51 Å². The zero-order chi connectivity index (χ0) is 11.1. The summed E-state index contributed by atoms with van der Waals surface area (Å²) in [6.45, 7) is 6.16. The van der Waals surface area contributed by atoms with Crippen molar-refractivity contribution in [2.45, 2.75) is 26.3 Å². The minimum atomic E-state index is 0.439. The van der Waals surface area contributed by atoms with Gasteiger partial charge in [0, 0.05) is 31.5 Å². The van der Waals surface area contributed by atoms with E-state index < -0.39 is 0 Å². The third-order valence-electron chi connectivity index (χ3n) is 2.42. The van der Waals surface area contributed by atoms with Gasteiger partial charge in [-0.3, -0.25) is 0 Å². The van der Waals surface area contributed by atoms with Gasteiger partial charge in [0.2, 0.25) is 0 Å². The molecule has 1 rings (SSSR count). The third kappa shape index (κ3) is 4.73. The highest BCUT2D eigenvalue weighted by molar-refractivity contribution is 7.07. The van der Waals surface area contributed by atoms with E-state index in [2.05, 4.69) is 29.5 Å². The second-order valence-corrected chi connectivity index (χ2v) is 4.71. The molecule has 4 heteroatoms. The SMILES string of the molecule is COCC(NCCc1cscn1)C(C)C. The van der Waals surface area contributed by atoms with Crippen molar-refractivity contribution in [3.63, 3.8) is 0 Å². The summed E-state index contributed by atoms with van der Waals surface area (Å²) in [5.41, 5.74) is 3.05. The summed E-state index contributed by atoms with van der Waals surface area (Å²) < 4.78 is 5.18. The summed E-state index contributed by atoms with van der Waals surface area (Å²) in [4.78, 5) is 4.25. The van der Waals surface area contributed by atoms with E-state index in [0.717, 1.165) is 19.6 Å². The predicted molar refractivity (Wildman–Crippen MR) is 64.3 cm³/mol. The monoisotopic (exact) mass is 228 g/mol. The van der Waals surface area contributed by atoms with Crippen molar-refractivity contribution in [1.29, 1.82) is 0 Å². The van der Waals surface area contributed by atoms with E-state index >= 15 is 0 Å². The van der Waals surface area contributed by atoms with Crippen LogP contribution in [0.2, 0.25) is 0 Å². The van der Waals surface area contributed by atoms with Crippen LogP contribution in [0.3, 0.4) is 0 Å². The molecule has 1 aromatic heterocycles. The molecule has 15 heavy (non-hydrogen) atoms.